The Morgan fingerprint density at radius 2 is 2.14 bits per heavy atom. The van der Waals surface area contributed by atoms with Gasteiger partial charge in [0.05, 0.1) is 0 Å². The van der Waals surface area contributed by atoms with Crippen LogP contribution in [0.4, 0.5) is 0 Å². The molecular formula is C9H6BrClN2O. The lowest BCUT2D eigenvalue weighted by molar-refractivity contribution is 0.553. The Morgan fingerprint density at radius 1 is 1.36 bits per heavy atom. The normalized spacial score (nSPS) is 10.5. The van der Waals surface area contributed by atoms with E-state index in [2.05, 4.69) is 25.9 Å². The summed E-state index contributed by atoms with van der Waals surface area (Å²) in [7, 11) is 0. The van der Waals surface area contributed by atoms with Crippen molar-refractivity contribution in [2.24, 2.45) is 0 Å². The predicted octanol–water partition coefficient (Wildman–Crippen LogP) is 3.46. The van der Waals surface area contributed by atoms with E-state index >= 15 is 0 Å². The molecule has 0 fully saturated rings. The summed E-state index contributed by atoms with van der Waals surface area (Å²) in [5, 5.41) is 0.417. The van der Waals surface area contributed by atoms with Crippen molar-refractivity contribution >= 4 is 27.5 Å². The number of rotatable bonds is 1. The number of aryl methyl sites for hydroxylation is 1. The summed E-state index contributed by atoms with van der Waals surface area (Å²) >= 11 is 9.03. The molecular weight excluding hydrogens is 267 g/mol. The molecule has 2 aromatic rings. The molecule has 0 saturated carbocycles. The predicted molar refractivity (Wildman–Crippen MR) is 57.2 cm³/mol. The zero-order chi connectivity index (χ0) is 10.1. The first-order valence-electron chi connectivity index (χ1n) is 3.92. The van der Waals surface area contributed by atoms with Gasteiger partial charge in [0, 0.05) is 6.07 Å². The van der Waals surface area contributed by atoms with Crippen LogP contribution in [0.1, 0.15) is 5.82 Å². The molecule has 0 N–H and O–H groups in total. The Hall–Kier alpha value is -0.870. The summed E-state index contributed by atoms with van der Waals surface area (Å²) < 4.78 is 6.01. The third kappa shape index (κ3) is 1.96. The Morgan fingerprint density at radius 3 is 2.71 bits per heavy atom. The zero-order valence-electron chi connectivity index (χ0n) is 7.29. The summed E-state index contributed by atoms with van der Waals surface area (Å²) in [5.41, 5.74) is 0.688. The third-order valence-corrected chi connectivity index (χ3v) is 2.25. The number of furan rings is 1. The minimum absolute atomic E-state index is 0.417. The van der Waals surface area contributed by atoms with Crippen LogP contribution in [-0.2, 0) is 0 Å². The van der Waals surface area contributed by atoms with Gasteiger partial charge in [-0.2, -0.15) is 0 Å². The van der Waals surface area contributed by atoms with Gasteiger partial charge in [-0.3, -0.25) is 0 Å². The Labute approximate surface area is 94.3 Å². The molecule has 0 spiro atoms. The molecule has 0 atom stereocenters. The first-order chi connectivity index (χ1) is 6.65. The summed E-state index contributed by atoms with van der Waals surface area (Å²) in [5.74, 6) is 1.30. The van der Waals surface area contributed by atoms with E-state index in [1.165, 1.54) is 0 Å². The maximum atomic E-state index is 5.80. The van der Waals surface area contributed by atoms with Crippen LogP contribution in [0, 0.1) is 6.92 Å². The van der Waals surface area contributed by atoms with Crippen molar-refractivity contribution in [2.45, 2.75) is 6.92 Å². The maximum Gasteiger partial charge on any atom is 0.169 e. The molecule has 72 valence electrons. The van der Waals surface area contributed by atoms with Crippen molar-refractivity contribution in [1.29, 1.82) is 0 Å². The average Bonchev–Trinajstić information content (AvgIpc) is 2.50. The highest BCUT2D eigenvalue weighted by Gasteiger charge is 2.06. The smallest absolute Gasteiger partial charge is 0.169 e. The molecule has 0 aliphatic carbocycles. The highest BCUT2D eigenvalue weighted by molar-refractivity contribution is 9.10. The zero-order valence-corrected chi connectivity index (χ0v) is 9.63. The van der Waals surface area contributed by atoms with Crippen molar-refractivity contribution in [3.8, 4) is 11.5 Å². The largest absolute Gasteiger partial charge is 0.448 e. The second kappa shape index (κ2) is 3.71. The van der Waals surface area contributed by atoms with Crippen LogP contribution in [0.3, 0.4) is 0 Å². The number of hydrogen-bond acceptors (Lipinski definition) is 3. The lowest BCUT2D eigenvalue weighted by atomic mass is 10.3. The minimum atomic E-state index is 0.417. The first-order valence-corrected chi connectivity index (χ1v) is 5.09. The third-order valence-electron chi connectivity index (χ3n) is 1.63. The van der Waals surface area contributed by atoms with Gasteiger partial charge in [-0.05, 0) is 35.0 Å². The van der Waals surface area contributed by atoms with E-state index in [1.807, 2.05) is 6.07 Å². The van der Waals surface area contributed by atoms with Gasteiger partial charge in [0.15, 0.2) is 10.4 Å². The van der Waals surface area contributed by atoms with Crippen LogP contribution in [0.5, 0.6) is 0 Å². The van der Waals surface area contributed by atoms with Gasteiger partial charge in [0.1, 0.15) is 16.7 Å². The molecule has 0 aliphatic rings. The SMILES string of the molecule is Cc1nc(Cl)cc(-c2ccc(Br)o2)n1. The molecule has 0 aromatic carbocycles. The van der Waals surface area contributed by atoms with E-state index in [1.54, 1.807) is 19.1 Å². The Kier molecular flexibility index (Phi) is 2.56. The van der Waals surface area contributed by atoms with Gasteiger partial charge in [-0.15, -0.1) is 0 Å². The Balaban J connectivity index is 2.51. The summed E-state index contributed by atoms with van der Waals surface area (Å²) in [6.45, 7) is 1.79. The molecule has 2 aromatic heterocycles. The topological polar surface area (TPSA) is 38.9 Å². The molecule has 2 heterocycles. The molecule has 5 heteroatoms. The van der Waals surface area contributed by atoms with Crippen LogP contribution >= 0.6 is 27.5 Å². The quantitative estimate of drug-likeness (QED) is 0.747. The van der Waals surface area contributed by atoms with Gasteiger partial charge in [-0.25, -0.2) is 9.97 Å². The molecule has 2 rings (SSSR count). The summed E-state index contributed by atoms with van der Waals surface area (Å²) in [6.07, 6.45) is 0. The van der Waals surface area contributed by atoms with Gasteiger partial charge < -0.3 is 4.42 Å². The van der Waals surface area contributed by atoms with Crippen LogP contribution < -0.4 is 0 Å². The molecule has 0 saturated heterocycles. The fourth-order valence-corrected chi connectivity index (χ4v) is 1.64. The van der Waals surface area contributed by atoms with Gasteiger partial charge in [0.25, 0.3) is 0 Å². The molecule has 0 radical (unpaired) electrons. The van der Waals surface area contributed by atoms with E-state index in [-0.39, 0.29) is 0 Å². The number of halogens is 2. The van der Waals surface area contributed by atoms with Crippen molar-refractivity contribution in [2.75, 3.05) is 0 Å². The van der Waals surface area contributed by atoms with Gasteiger partial charge >= 0.3 is 0 Å². The first kappa shape index (κ1) is 9.68. The second-order valence-corrected chi connectivity index (χ2v) is 3.90. The van der Waals surface area contributed by atoms with Gasteiger partial charge in [0.2, 0.25) is 0 Å². The highest BCUT2D eigenvalue weighted by atomic mass is 79.9. The second-order valence-electron chi connectivity index (χ2n) is 2.73. The van der Waals surface area contributed by atoms with Crippen LogP contribution in [0.2, 0.25) is 5.15 Å². The van der Waals surface area contributed by atoms with Crippen molar-refractivity contribution in [3.63, 3.8) is 0 Å². The lowest BCUT2D eigenvalue weighted by Crippen LogP contribution is -1.90. The summed E-state index contributed by atoms with van der Waals surface area (Å²) in [4.78, 5) is 8.17. The summed E-state index contributed by atoms with van der Waals surface area (Å²) in [6, 6.07) is 5.29. The van der Waals surface area contributed by atoms with Crippen LogP contribution in [-0.4, -0.2) is 9.97 Å². The number of aromatic nitrogens is 2. The molecule has 0 unspecified atom stereocenters. The highest BCUT2D eigenvalue weighted by Crippen LogP contribution is 2.24. The van der Waals surface area contributed by atoms with E-state index in [0.29, 0.717) is 27.1 Å². The molecule has 0 bridgehead atoms. The van der Waals surface area contributed by atoms with Crippen LogP contribution in [0.25, 0.3) is 11.5 Å². The number of nitrogens with zero attached hydrogens (tertiary/aromatic N) is 2. The van der Waals surface area contributed by atoms with Crippen molar-refractivity contribution in [1.82, 2.24) is 9.97 Å². The van der Waals surface area contributed by atoms with E-state index < -0.39 is 0 Å². The molecule has 0 aliphatic heterocycles. The fourth-order valence-electron chi connectivity index (χ4n) is 1.11. The van der Waals surface area contributed by atoms with Gasteiger partial charge in [-0.1, -0.05) is 11.6 Å². The fraction of sp³-hybridized carbons (Fsp3) is 0.111. The minimum Gasteiger partial charge on any atom is -0.448 e. The molecule has 3 nitrogen and oxygen atoms in total. The van der Waals surface area contributed by atoms with Crippen molar-refractivity contribution < 1.29 is 4.42 Å². The van der Waals surface area contributed by atoms with Crippen molar-refractivity contribution in [3.05, 3.63) is 33.8 Å². The lowest BCUT2D eigenvalue weighted by Gasteiger charge is -1.98. The van der Waals surface area contributed by atoms with E-state index in [9.17, 15) is 0 Å². The average molecular weight is 274 g/mol. The number of hydrogen-bond donors (Lipinski definition) is 0. The van der Waals surface area contributed by atoms with Crippen LogP contribution in [0.15, 0.2) is 27.3 Å². The molecule has 14 heavy (non-hydrogen) atoms. The maximum absolute atomic E-state index is 5.80. The standard InChI is InChI=1S/C9H6BrClN2O/c1-5-12-6(4-9(11)13-5)7-2-3-8(10)14-7/h2-4H,1H3. The Bertz CT molecular complexity index is 449. The van der Waals surface area contributed by atoms with E-state index in [4.69, 9.17) is 16.0 Å². The monoisotopic (exact) mass is 272 g/mol. The molecule has 0 amide bonds. The van der Waals surface area contributed by atoms with E-state index in [0.717, 1.165) is 0 Å².